The molecular formula is C24H45N3O8S. The number of rotatable bonds is 24. The van der Waals surface area contributed by atoms with Crippen molar-refractivity contribution in [3.8, 4) is 0 Å². The lowest BCUT2D eigenvalue weighted by atomic mass is 10.0. The molecule has 3 N–H and O–H groups in total. The molecule has 2 rings (SSSR count). The first-order valence-corrected chi connectivity index (χ1v) is 14.2. The number of carbonyl (C=O) groups is 2. The van der Waals surface area contributed by atoms with E-state index in [1.807, 2.05) is 18.7 Å². The van der Waals surface area contributed by atoms with Crippen molar-refractivity contribution in [1.29, 1.82) is 0 Å². The SMILES string of the molecule is CCOCCOCCOCCOCCOCCOCCNC(=O)CCCC[C@@H]1SC[C@@H]2NC(=O)N[C@@H]21. The first-order valence-electron chi connectivity index (χ1n) is 13.1. The van der Waals surface area contributed by atoms with Gasteiger partial charge in [-0.15, -0.1) is 0 Å². The highest BCUT2D eigenvalue weighted by atomic mass is 32.2. The van der Waals surface area contributed by atoms with E-state index in [9.17, 15) is 9.59 Å². The standard InChI is InChI=1S/C24H45N3O8S/c1-2-30-9-10-32-13-14-34-17-18-35-16-15-33-12-11-31-8-7-25-22(28)6-4-3-5-21-23-20(19-36-21)26-24(29)27-23/h20-21,23H,2-19H2,1H3,(H,25,28)(H2,26,27,29)/t20-,21-,23-/m0/s1. The van der Waals surface area contributed by atoms with Gasteiger partial charge in [-0.3, -0.25) is 4.79 Å². The van der Waals surface area contributed by atoms with Crippen molar-refractivity contribution < 1.29 is 38.0 Å². The van der Waals surface area contributed by atoms with Crippen molar-refractivity contribution in [2.24, 2.45) is 0 Å². The normalized spacial score (nSPS) is 20.8. The van der Waals surface area contributed by atoms with E-state index >= 15 is 0 Å². The summed E-state index contributed by atoms with van der Waals surface area (Å²) in [6.45, 7) is 8.98. The zero-order valence-corrected chi connectivity index (χ0v) is 22.5. The van der Waals surface area contributed by atoms with Crippen molar-refractivity contribution >= 4 is 23.7 Å². The van der Waals surface area contributed by atoms with Crippen LogP contribution in [0.1, 0.15) is 32.6 Å². The number of thioether (sulfide) groups is 1. The van der Waals surface area contributed by atoms with E-state index in [2.05, 4.69) is 16.0 Å². The van der Waals surface area contributed by atoms with E-state index in [0.29, 0.717) is 97.5 Å². The molecule has 0 aromatic rings. The predicted molar refractivity (Wildman–Crippen MR) is 138 cm³/mol. The third-order valence-electron chi connectivity index (χ3n) is 5.71. The van der Waals surface area contributed by atoms with Crippen LogP contribution >= 0.6 is 11.8 Å². The average molecular weight is 536 g/mol. The summed E-state index contributed by atoms with van der Waals surface area (Å²) in [7, 11) is 0. The van der Waals surface area contributed by atoms with E-state index < -0.39 is 0 Å². The smallest absolute Gasteiger partial charge is 0.315 e. The zero-order valence-electron chi connectivity index (χ0n) is 21.6. The number of fused-ring (bicyclic) bond motifs is 1. The Kier molecular flexibility index (Phi) is 18.0. The second-order valence-electron chi connectivity index (χ2n) is 8.48. The van der Waals surface area contributed by atoms with E-state index in [4.69, 9.17) is 28.4 Å². The lowest BCUT2D eigenvalue weighted by molar-refractivity contribution is -0.121. The summed E-state index contributed by atoms with van der Waals surface area (Å²) in [6.07, 6.45) is 3.38. The van der Waals surface area contributed by atoms with Crippen molar-refractivity contribution in [1.82, 2.24) is 16.0 Å². The van der Waals surface area contributed by atoms with Crippen LogP contribution in [-0.2, 0) is 33.2 Å². The number of nitrogens with one attached hydrogen (secondary N) is 3. The topological polar surface area (TPSA) is 126 Å². The van der Waals surface area contributed by atoms with E-state index in [1.54, 1.807) is 0 Å². The van der Waals surface area contributed by atoms with Gasteiger partial charge in [-0.1, -0.05) is 6.42 Å². The van der Waals surface area contributed by atoms with Crippen LogP contribution in [0.4, 0.5) is 4.79 Å². The summed E-state index contributed by atoms with van der Waals surface area (Å²) in [5.41, 5.74) is 0. The Balaban J connectivity index is 1.24. The molecule has 2 saturated heterocycles. The van der Waals surface area contributed by atoms with Gasteiger partial charge in [-0.2, -0.15) is 11.8 Å². The van der Waals surface area contributed by atoms with E-state index in [0.717, 1.165) is 25.0 Å². The van der Waals surface area contributed by atoms with Gasteiger partial charge in [-0.25, -0.2) is 4.79 Å². The largest absolute Gasteiger partial charge is 0.379 e. The van der Waals surface area contributed by atoms with Gasteiger partial charge in [0.05, 0.1) is 84.8 Å². The molecule has 12 heteroatoms. The second kappa shape index (κ2) is 20.9. The fourth-order valence-electron chi connectivity index (χ4n) is 3.87. The molecule has 3 amide bonds. The van der Waals surface area contributed by atoms with Gasteiger partial charge < -0.3 is 44.4 Å². The molecule has 0 bridgehead atoms. The van der Waals surface area contributed by atoms with Crippen LogP contribution in [0.5, 0.6) is 0 Å². The van der Waals surface area contributed by atoms with Gasteiger partial charge in [-0.05, 0) is 19.8 Å². The van der Waals surface area contributed by atoms with Crippen LogP contribution in [0.3, 0.4) is 0 Å². The van der Waals surface area contributed by atoms with Crippen LogP contribution in [0.15, 0.2) is 0 Å². The van der Waals surface area contributed by atoms with Gasteiger partial charge in [0.15, 0.2) is 0 Å². The third-order valence-corrected chi connectivity index (χ3v) is 7.22. The van der Waals surface area contributed by atoms with Crippen LogP contribution in [0.25, 0.3) is 0 Å². The predicted octanol–water partition coefficient (Wildman–Crippen LogP) is 0.948. The Morgan fingerprint density at radius 1 is 0.833 bits per heavy atom. The molecule has 0 unspecified atom stereocenters. The number of ether oxygens (including phenoxy) is 6. The quantitative estimate of drug-likeness (QED) is 0.122. The molecule has 2 fully saturated rings. The Morgan fingerprint density at radius 3 is 1.97 bits per heavy atom. The van der Waals surface area contributed by atoms with E-state index in [1.165, 1.54) is 0 Å². The second-order valence-corrected chi connectivity index (χ2v) is 9.75. The molecule has 2 heterocycles. The molecule has 0 aromatic heterocycles. The molecule has 0 aromatic carbocycles. The monoisotopic (exact) mass is 535 g/mol. The maximum atomic E-state index is 11.9. The zero-order chi connectivity index (χ0) is 25.7. The maximum absolute atomic E-state index is 11.9. The summed E-state index contributed by atoms with van der Waals surface area (Å²) in [5, 5.41) is 9.28. The molecule has 11 nitrogen and oxygen atoms in total. The number of unbranched alkanes of at least 4 members (excludes halogenated alkanes) is 1. The summed E-state index contributed by atoms with van der Waals surface area (Å²) >= 11 is 1.91. The number of carbonyl (C=O) groups excluding carboxylic acids is 2. The van der Waals surface area contributed by atoms with Crippen LogP contribution < -0.4 is 16.0 Å². The maximum Gasteiger partial charge on any atom is 0.315 e. The molecule has 3 atom stereocenters. The highest BCUT2D eigenvalue weighted by Crippen LogP contribution is 2.33. The molecule has 0 saturated carbocycles. The lowest BCUT2D eigenvalue weighted by Gasteiger charge is -2.16. The fourth-order valence-corrected chi connectivity index (χ4v) is 5.41. The highest BCUT2D eigenvalue weighted by Gasteiger charge is 2.42. The number of hydrogen-bond donors (Lipinski definition) is 3. The van der Waals surface area contributed by atoms with Crippen LogP contribution in [0.2, 0.25) is 0 Å². The van der Waals surface area contributed by atoms with Gasteiger partial charge in [0.1, 0.15) is 0 Å². The Morgan fingerprint density at radius 2 is 1.39 bits per heavy atom. The van der Waals surface area contributed by atoms with Gasteiger partial charge >= 0.3 is 6.03 Å². The summed E-state index contributed by atoms with van der Waals surface area (Å²) in [5.74, 6) is 1.02. The molecule has 0 radical (unpaired) electrons. The molecular weight excluding hydrogens is 490 g/mol. The van der Waals surface area contributed by atoms with E-state index in [-0.39, 0.29) is 24.0 Å². The summed E-state index contributed by atoms with van der Waals surface area (Å²) in [6, 6.07) is 0.436. The number of amides is 3. The fraction of sp³-hybridized carbons (Fsp3) is 0.917. The molecule has 210 valence electrons. The third kappa shape index (κ3) is 14.6. The van der Waals surface area contributed by atoms with Crippen LogP contribution in [0, 0.1) is 0 Å². The number of hydrogen-bond acceptors (Lipinski definition) is 9. The van der Waals surface area contributed by atoms with Gasteiger partial charge in [0.2, 0.25) is 5.91 Å². The van der Waals surface area contributed by atoms with Crippen molar-refractivity contribution in [2.45, 2.75) is 49.9 Å². The lowest BCUT2D eigenvalue weighted by Crippen LogP contribution is -2.36. The summed E-state index contributed by atoms with van der Waals surface area (Å²) < 4.78 is 32.3. The minimum atomic E-state index is -0.0543. The molecule has 2 aliphatic heterocycles. The Hall–Kier alpha value is -1.15. The number of urea groups is 1. The molecule has 0 aliphatic carbocycles. The van der Waals surface area contributed by atoms with Gasteiger partial charge in [0.25, 0.3) is 0 Å². The first kappa shape index (κ1) is 31.1. The first-order chi connectivity index (χ1) is 17.7. The summed E-state index contributed by atoms with van der Waals surface area (Å²) in [4.78, 5) is 23.4. The Bertz CT molecular complexity index is 590. The minimum absolute atomic E-state index is 0.0536. The Labute approximate surface area is 219 Å². The van der Waals surface area contributed by atoms with Gasteiger partial charge in [0, 0.05) is 30.6 Å². The molecule has 2 aliphatic rings. The van der Waals surface area contributed by atoms with Crippen LogP contribution in [-0.4, -0.2) is 121 Å². The highest BCUT2D eigenvalue weighted by molar-refractivity contribution is 8.00. The molecule has 36 heavy (non-hydrogen) atoms. The minimum Gasteiger partial charge on any atom is -0.379 e. The van der Waals surface area contributed by atoms with Crippen molar-refractivity contribution in [2.75, 3.05) is 91.6 Å². The van der Waals surface area contributed by atoms with Crippen molar-refractivity contribution in [3.63, 3.8) is 0 Å². The average Bonchev–Trinajstić information content (AvgIpc) is 3.42. The van der Waals surface area contributed by atoms with Crippen molar-refractivity contribution in [3.05, 3.63) is 0 Å². The molecule has 0 spiro atoms.